The van der Waals surface area contributed by atoms with E-state index in [0.29, 0.717) is 11.3 Å². The van der Waals surface area contributed by atoms with Gasteiger partial charge in [-0.2, -0.15) is 0 Å². The number of nitrogens with one attached hydrogen (secondary N) is 2. The molecule has 156 valence electrons. The zero-order chi connectivity index (χ0) is 22.1. The summed E-state index contributed by atoms with van der Waals surface area (Å²) in [6.45, 7) is -0.00874. The lowest BCUT2D eigenvalue weighted by molar-refractivity contribution is -0.128. The third kappa shape index (κ3) is 4.08. The summed E-state index contributed by atoms with van der Waals surface area (Å²) >= 11 is 4.97. The third-order valence-corrected chi connectivity index (χ3v) is 5.24. The van der Waals surface area contributed by atoms with E-state index in [1.807, 2.05) is 24.3 Å². The second-order valence-electron chi connectivity index (χ2n) is 6.97. The number of nitrogens with zero attached hydrogens (tertiary/aromatic N) is 2. The van der Waals surface area contributed by atoms with Gasteiger partial charge in [-0.3, -0.25) is 24.6 Å². The SMILES string of the molecule is CN1C(=O)/C(=C/c2cn(CC(=O)Nc3ccc(F)cc3)c3ccccc23)C(=O)NC1=S. The largest absolute Gasteiger partial charge is 0.337 e. The van der Waals surface area contributed by atoms with Gasteiger partial charge in [0.05, 0.1) is 0 Å². The standard InChI is InChI=1S/C22H17FN4O3S/c1-26-21(30)17(20(29)25-22(26)31)10-13-11-27(18-5-3-2-4-16(13)18)12-19(28)24-15-8-6-14(23)7-9-15/h2-11H,12H2,1H3,(H,24,28)(H,25,29,31)/b17-10+. The maximum atomic E-state index is 13.1. The molecule has 1 saturated heterocycles. The molecule has 0 bridgehead atoms. The Kier molecular flexibility index (Phi) is 5.35. The van der Waals surface area contributed by atoms with Crippen molar-refractivity contribution in [1.82, 2.24) is 14.8 Å². The Hall–Kier alpha value is -3.85. The van der Waals surface area contributed by atoms with Crippen LogP contribution in [-0.4, -0.2) is 39.3 Å². The summed E-state index contributed by atoms with van der Waals surface area (Å²) < 4.78 is 14.8. The Balaban J connectivity index is 1.65. The molecule has 0 unspecified atom stereocenters. The normalized spacial score (nSPS) is 15.5. The molecule has 1 aromatic heterocycles. The van der Waals surface area contributed by atoms with Crippen LogP contribution in [0.4, 0.5) is 10.1 Å². The van der Waals surface area contributed by atoms with Crippen molar-refractivity contribution in [3.05, 3.63) is 71.7 Å². The van der Waals surface area contributed by atoms with Crippen LogP contribution in [0.25, 0.3) is 17.0 Å². The van der Waals surface area contributed by atoms with Gasteiger partial charge in [0, 0.05) is 35.4 Å². The molecule has 2 heterocycles. The van der Waals surface area contributed by atoms with Crippen molar-refractivity contribution in [3.8, 4) is 0 Å². The molecule has 0 aliphatic carbocycles. The minimum Gasteiger partial charge on any atom is -0.337 e. The highest BCUT2D eigenvalue weighted by molar-refractivity contribution is 7.80. The number of thiocarbonyl (C=S) groups is 1. The average Bonchev–Trinajstić information content (AvgIpc) is 3.08. The fourth-order valence-electron chi connectivity index (χ4n) is 3.31. The van der Waals surface area contributed by atoms with Crippen molar-refractivity contribution in [2.24, 2.45) is 0 Å². The van der Waals surface area contributed by atoms with Gasteiger partial charge in [0.1, 0.15) is 17.9 Å². The highest BCUT2D eigenvalue weighted by Gasteiger charge is 2.31. The lowest BCUT2D eigenvalue weighted by Gasteiger charge is -2.24. The van der Waals surface area contributed by atoms with Crippen molar-refractivity contribution in [1.29, 1.82) is 0 Å². The number of anilines is 1. The molecule has 0 atom stereocenters. The third-order valence-electron chi connectivity index (χ3n) is 4.87. The van der Waals surface area contributed by atoms with E-state index in [1.165, 1.54) is 42.3 Å². The Morgan fingerprint density at radius 2 is 1.87 bits per heavy atom. The molecule has 0 radical (unpaired) electrons. The first-order chi connectivity index (χ1) is 14.8. The molecule has 0 saturated carbocycles. The van der Waals surface area contributed by atoms with Gasteiger partial charge in [-0.25, -0.2) is 4.39 Å². The van der Waals surface area contributed by atoms with Crippen LogP contribution in [0, 0.1) is 5.82 Å². The molecule has 1 fully saturated rings. The number of rotatable bonds is 4. The topological polar surface area (TPSA) is 83.4 Å². The second kappa shape index (κ2) is 8.11. The van der Waals surface area contributed by atoms with Gasteiger partial charge >= 0.3 is 0 Å². The quantitative estimate of drug-likeness (QED) is 0.374. The van der Waals surface area contributed by atoms with Crippen LogP contribution in [0.5, 0.6) is 0 Å². The summed E-state index contributed by atoms with van der Waals surface area (Å²) in [5.74, 6) is -1.76. The summed E-state index contributed by atoms with van der Waals surface area (Å²) in [6.07, 6.45) is 3.20. The first-order valence-electron chi connectivity index (χ1n) is 9.32. The van der Waals surface area contributed by atoms with E-state index in [4.69, 9.17) is 12.2 Å². The van der Waals surface area contributed by atoms with Crippen LogP contribution in [0.3, 0.4) is 0 Å². The molecule has 7 nitrogen and oxygen atoms in total. The predicted octanol–water partition coefficient (Wildman–Crippen LogP) is 2.68. The number of likely N-dealkylation sites (N-methyl/N-ethyl adjacent to an activating group) is 1. The van der Waals surface area contributed by atoms with Crippen molar-refractivity contribution in [2.45, 2.75) is 6.54 Å². The van der Waals surface area contributed by atoms with Crippen molar-refractivity contribution < 1.29 is 18.8 Å². The number of halogens is 1. The van der Waals surface area contributed by atoms with Crippen LogP contribution in [0.1, 0.15) is 5.56 Å². The minimum atomic E-state index is -0.570. The van der Waals surface area contributed by atoms with E-state index in [0.717, 1.165) is 10.9 Å². The first-order valence-corrected chi connectivity index (χ1v) is 9.72. The van der Waals surface area contributed by atoms with Gasteiger partial charge in [0.15, 0.2) is 5.11 Å². The molecule has 2 aromatic carbocycles. The first kappa shape index (κ1) is 20.4. The van der Waals surface area contributed by atoms with Crippen LogP contribution in [0.2, 0.25) is 0 Å². The fraction of sp³-hybridized carbons (Fsp3) is 0.0909. The van der Waals surface area contributed by atoms with Crippen molar-refractivity contribution >= 4 is 57.7 Å². The summed E-state index contributed by atoms with van der Waals surface area (Å²) in [7, 11) is 1.49. The Morgan fingerprint density at radius 1 is 1.16 bits per heavy atom. The molecular weight excluding hydrogens is 419 g/mol. The number of aromatic nitrogens is 1. The van der Waals surface area contributed by atoms with E-state index in [1.54, 1.807) is 10.8 Å². The van der Waals surface area contributed by atoms with Gasteiger partial charge in [-0.1, -0.05) is 18.2 Å². The highest BCUT2D eigenvalue weighted by Crippen LogP contribution is 2.25. The van der Waals surface area contributed by atoms with Crippen LogP contribution < -0.4 is 10.6 Å². The monoisotopic (exact) mass is 436 g/mol. The van der Waals surface area contributed by atoms with Crippen LogP contribution in [-0.2, 0) is 20.9 Å². The maximum absolute atomic E-state index is 13.1. The number of carbonyl (C=O) groups excluding carboxylic acids is 3. The number of hydrogen-bond acceptors (Lipinski definition) is 4. The molecule has 2 N–H and O–H groups in total. The summed E-state index contributed by atoms with van der Waals surface area (Å²) in [5, 5.41) is 6.02. The van der Waals surface area contributed by atoms with Gasteiger partial charge in [0.25, 0.3) is 11.8 Å². The lowest BCUT2D eigenvalue weighted by atomic mass is 10.1. The number of para-hydroxylation sites is 1. The lowest BCUT2D eigenvalue weighted by Crippen LogP contribution is -2.52. The maximum Gasteiger partial charge on any atom is 0.265 e. The van der Waals surface area contributed by atoms with Crippen LogP contribution >= 0.6 is 12.2 Å². The molecule has 1 aliphatic heterocycles. The minimum absolute atomic E-state index is 0.00874. The molecule has 1 aliphatic rings. The smallest absolute Gasteiger partial charge is 0.265 e. The average molecular weight is 436 g/mol. The van der Waals surface area contributed by atoms with E-state index < -0.39 is 11.8 Å². The Bertz CT molecular complexity index is 1260. The van der Waals surface area contributed by atoms with E-state index in [-0.39, 0.29) is 29.0 Å². The van der Waals surface area contributed by atoms with Crippen molar-refractivity contribution in [3.63, 3.8) is 0 Å². The Labute approximate surface area is 182 Å². The fourth-order valence-corrected chi connectivity index (χ4v) is 3.49. The van der Waals surface area contributed by atoms with Gasteiger partial charge in [-0.05, 0) is 48.6 Å². The zero-order valence-electron chi connectivity index (χ0n) is 16.4. The number of fused-ring (bicyclic) bond motifs is 1. The molecular formula is C22H17FN4O3S. The summed E-state index contributed by atoms with van der Waals surface area (Å²) in [4.78, 5) is 38.5. The van der Waals surface area contributed by atoms with E-state index >= 15 is 0 Å². The molecule has 9 heteroatoms. The molecule has 3 aromatic rings. The zero-order valence-corrected chi connectivity index (χ0v) is 17.2. The molecule has 3 amide bonds. The van der Waals surface area contributed by atoms with Gasteiger partial charge in [0.2, 0.25) is 5.91 Å². The molecule has 31 heavy (non-hydrogen) atoms. The predicted molar refractivity (Wildman–Crippen MR) is 118 cm³/mol. The van der Waals surface area contributed by atoms with Crippen LogP contribution in [0.15, 0.2) is 60.3 Å². The van der Waals surface area contributed by atoms with E-state index in [2.05, 4.69) is 10.6 Å². The number of benzene rings is 2. The number of hydrogen-bond donors (Lipinski definition) is 2. The number of carbonyl (C=O) groups is 3. The van der Waals surface area contributed by atoms with Gasteiger partial charge in [-0.15, -0.1) is 0 Å². The second-order valence-corrected chi connectivity index (χ2v) is 7.35. The Morgan fingerprint density at radius 3 is 2.61 bits per heavy atom. The molecule has 4 rings (SSSR count). The highest BCUT2D eigenvalue weighted by atomic mass is 32.1. The summed E-state index contributed by atoms with van der Waals surface area (Å²) in [6, 6.07) is 12.8. The number of amides is 3. The van der Waals surface area contributed by atoms with E-state index in [9.17, 15) is 18.8 Å². The van der Waals surface area contributed by atoms with Crippen molar-refractivity contribution in [2.75, 3.05) is 12.4 Å². The molecule has 0 spiro atoms. The van der Waals surface area contributed by atoms with Gasteiger partial charge < -0.3 is 9.88 Å². The summed E-state index contributed by atoms with van der Waals surface area (Å²) in [5.41, 5.74) is 1.81.